The summed E-state index contributed by atoms with van der Waals surface area (Å²) in [5.41, 5.74) is 12.4. The molecule has 0 unspecified atom stereocenters. The smallest absolute Gasteiger partial charge is 0.410 e. The summed E-state index contributed by atoms with van der Waals surface area (Å²) in [5.74, 6) is 0.498. The fourth-order valence-electron chi connectivity index (χ4n) is 1.94. The lowest BCUT2D eigenvalue weighted by Gasteiger charge is -2.31. The van der Waals surface area contributed by atoms with Crippen LogP contribution in [-0.4, -0.2) is 33.1 Å². The number of aromatic nitrogens is 2. The third-order valence-electron chi connectivity index (χ3n) is 2.76. The van der Waals surface area contributed by atoms with E-state index in [4.69, 9.17) is 16.2 Å². The number of nitrogen functional groups attached to an aromatic ring is 2. The number of carbonyl (C=O) groups excluding carboxylic acids is 1. The SMILES string of the molecule is CC(C)(C)OC(=O)N1CCc2nc(N)nc(N)c2C1. The van der Waals surface area contributed by atoms with Crippen LogP contribution in [0.2, 0.25) is 0 Å². The number of hydrogen-bond acceptors (Lipinski definition) is 6. The number of nitrogens with zero attached hydrogens (tertiary/aromatic N) is 3. The average molecular weight is 265 g/mol. The molecule has 0 atom stereocenters. The highest BCUT2D eigenvalue weighted by molar-refractivity contribution is 5.69. The van der Waals surface area contributed by atoms with Gasteiger partial charge in [-0.25, -0.2) is 9.78 Å². The Balaban J connectivity index is 2.16. The van der Waals surface area contributed by atoms with Crippen molar-refractivity contribution >= 4 is 17.9 Å². The minimum absolute atomic E-state index is 0.168. The maximum atomic E-state index is 12.0. The average Bonchev–Trinajstić information content (AvgIpc) is 2.25. The van der Waals surface area contributed by atoms with Crippen LogP contribution < -0.4 is 11.5 Å². The number of ether oxygens (including phenoxy) is 1. The summed E-state index contributed by atoms with van der Waals surface area (Å²) in [5, 5.41) is 0. The zero-order valence-electron chi connectivity index (χ0n) is 11.4. The number of fused-ring (bicyclic) bond motifs is 1. The van der Waals surface area contributed by atoms with Gasteiger partial charge in [-0.2, -0.15) is 4.98 Å². The van der Waals surface area contributed by atoms with E-state index < -0.39 is 5.60 Å². The van der Waals surface area contributed by atoms with Crippen LogP contribution in [-0.2, 0) is 17.7 Å². The number of carbonyl (C=O) groups is 1. The molecule has 1 aliphatic rings. The van der Waals surface area contributed by atoms with Crippen molar-refractivity contribution in [2.75, 3.05) is 18.0 Å². The van der Waals surface area contributed by atoms with Gasteiger partial charge in [0.15, 0.2) is 0 Å². The van der Waals surface area contributed by atoms with E-state index >= 15 is 0 Å². The molecule has 0 radical (unpaired) electrons. The number of anilines is 2. The van der Waals surface area contributed by atoms with Gasteiger partial charge in [0.25, 0.3) is 0 Å². The Kier molecular flexibility index (Phi) is 3.21. The molecule has 1 aromatic rings. The van der Waals surface area contributed by atoms with E-state index in [1.807, 2.05) is 20.8 Å². The van der Waals surface area contributed by atoms with Crippen molar-refractivity contribution in [2.24, 2.45) is 0 Å². The van der Waals surface area contributed by atoms with E-state index in [1.165, 1.54) is 0 Å². The van der Waals surface area contributed by atoms with Gasteiger partial charge in [-0.1, -0.05) is 0 Å². The van der Waals surface area contributed by atoms with Crippen molar-refractivity contribution < 1.29 is 9.53 Å². The maximum absolute atomic E-state index is 12.0. The second kappa shape index (κ2) is 4.56. The Morgan fingerprint density at radius 2 is 2.00 bits per heavy atom. The van der Waals surface area contributed by atoms with E-state index in [1.54, 1.807) is 4.90 Å². The Hall–Kier alpha value is -2.05. The lowest BCUT2D eigenvalue weighted by Crippen LogP contribution is -2.40. The van der Waals surface area contributed by atoms with E-state index in [0.717, 1.165) is 11.3 Å². The van der Waals surface area contributed by atoms with Gasteiger partial charge in [-0.3, -0.25) is 0 Å². The molecule has 0 aliphatic carbocycles. The first-order chi connectivity index (χ1) is 8.76. The molecule has 1 aliphatic heterocycles. The molecule has 7 heteroatoms. The normalized spacial score (nSPS) is 15.0. The molecular formula is C12H19N5O2. The summed E-state index contributed by atoms with van der Waals surface area (Å²) >= 11 is 0. The van der Waals surface area contributed by atoms with Crippen LogP contribution in [0.5, 0.6) is 0 Å². The molecule has 19 heavy (non-hydrogen) atoms. The van der Waals surface area contributed by atoms with Crippen molar-refractivity contribution in [1.29, 1.82) is 0 Å². The van der Waals surface area contributed by atoms with E-state index in [0.29, 0.717) is 25.3 Å². The number of hydrogen-bond donors (Lipinski definition) is 2. The predicted octanol–water partition coefficient (Wildman–Crippen LogP) is 0.934. The van der Waals surface area contributed by atoms with Crippen molar-refractivity contribution in [3.8, 4) is 0 Å². The van der Waals surface area contributed by atoms with E-state index in [-0.39, 0.29) is 12.0 Å². The highest BCUT2D eigenvalue weighted by Gasteiger charge is 2.27. The van der Waals surface area contributed by atoms with Crippen molar-refractivity contribution in [2.45, 2.75) is 39.3 Å². The molecule has 4 N–H and O–H groups in total. The molecule has 0 fully saturated rings. The quantitative estimate of drug-likeness (QED) is 0.722. The summed E-state index contributed by atoms with van der Waals surface area (Å²) in [6.45, 7) is 6.40. The highest BCUT2D eigenvalue weighted by atomic mass is 16.6. The molecule has 0 aromatic carbocycles. The van der Waals surface area contributed by atoms with Crippen molar-refractivity contribution in [3.63, 3.8) is 0 Å². The lowest BCUT2D eigenvalue weighted by atomic mass is 10.1. The topological polar surface area (TPSA) is 107 Å². The third kappa shape index (κ3) is 3.04. The summed E-state index contributed by atoms with van der Waals surface area (Å²) < 4.78 is 5.34. The highest BCUT2D eigenvalue weighted by Crippen LogP contribution is 2.23. The summed E-state index contributed by atoms with van der Waals surface area (Å²) in [6.07, 6.45) is 0.250. The van der Waals surface area contributed by atoms with Crippen molar-refractivity contribution in [1.82, 2.24) is 14.9 Å². The molecule has 0 bridgehead atoms. The number of amides is 1. The van der Waals surface area contributed by atoms with Gasteiger partial charge in [0.2, 0.25) is 5.95 Å². The molecule has 0 saturated carbocycles. The molecule has 0 saturated heterocycles. The number of rotatable bonds is 0. The van der Waals surface area contributed by atoms with E-state index in [2.05, 4.69) is 9.97 Å². The summed E-state index contributed by atoms with van der Waals surface area (Å²) in [4.78, 5) is 21.7. The zero-order chi connectivity index (χ0) is 14.2. The minimum atomic E-state index is -0.513. The molecule has 1 aromatic heterocycles. The van der Waals surface area contributed by atoms with Gasteiger partial charge in [0.05, 0.1) is 12.2 Å². The lowest BCUT2D eigenvalue weighted by molar-refractivity contribution is 0.0223. The van der Waals surface area contributed by atoms with Gasteiger partial charge in [0, 0.05) is 18.5 Å². The summed E-state index contributed by atoms with van der Waals surface area (Å²) in [7, 11) is 0. The predicted molar refractivity (Wildman–Crippen MR) is 71.2 cm³/mol. The largest absolute Gasteiger partial charge is 0.444 e. The molecule has 104 valence electrons. The molecular weight excluding hydrogens is 246 g/mol. The molecule has 1 amide bonds. The van der Waals surface area contributed by atoms with Crippen LogP contribution in [0.4, 0.5) is 16.6 Å². The van der Waals surface area contributed by atoms with Gasteiger partial charge in [-0.05, 0) is 20.8 Å². The van der Waals surface area contributed by atoms with Crippen LogP contribution in [0.25, 0.3) is 0 Å². The fourth-order valence-corrected chi connectivity index (χ4v) is 1.94. The second-order valence-electron chi connectivity index (χ2n) is 5.54. The second-order valence-corrected chi connectivity index (χ2v) is 5.54. The molecule has 0 spiro atoms. The van der Waals surface area contributed by atoms with Gasteiger partial charge < -0.3 is 21.1 Å². The van der Waals surface area contributed by atoms with Gasteiger partial charge in [0.1, 0.15) is 11.4 Å². The molecule has 2 rings (SSSR count). The van der Waals surface area contributed by atoms with Crippen LogP contribution in [0.3, 0.4) is 0 Å². The van der Waals surface area contributed by atoms with Crippen LogP contribution >= 0.6 is 0 Å². The Morgan fingerprint density at radius 3 is 2.63 bits per heavy atom. The Labute approximate surface area is 111 Å². The minimum Gasteiger partial charge on any atom is -0.444 e. The van der Waals surface area contributed by atoms with Gasteiger partial charge >= 0.3 is 6.09 Å². The van der Waals surface area contributed by atoms with Crippen LogP contribution in [0.15, 0.2) is 0 Å². The Morgan fingerprint density at radius 1 is 1.32 bits per heavy atom. The monoisotopic (exact) mass is 265 g/mol. The standard InChI is InChI=1S/C12H19N5O2/c1-12(2,3)19-11(18)17-5-4-8-7(6-17)9(13)16-10(14)15-8/h4-6H2,1-3H3,(H4,13,14,15,16). The summed E-state index contributed by atoms with van der Waals surface area (Å²) in [6, 6.07) is 0. The fraction of sp³-hybridized carbons (Fsp3) is 0.583. The first-order valence-corrected chi connectivity index (χ1v) is 6.15. The van der Waals surface area contributed by atoms with Crippen LogP contribution in [0.1, 0.15) is 32.0 Å². The maximum Gasteiger partial charge on any atom is 0.410 e. The zero-order valence-corrected chi connectivity index (χ0v) is 11.4. The van der Waals surface area contributed by atoms with Gasteiger partial charge in [-0.15, -0.1) is 0 Å². The molecule has 2 heterocycles. The van der Waals surface area contributed by atoms with E-state index in [9.17, 15) is 4.79 Å². The first-order valence-electron chi connectivity index (χ1n) is 6.15. The number of nitrogens with two attached hydrogens (primary N) is 2. The third-order valence-corrected chi connectivity index (χ3v) is 2.76. The van der Waals surface area contributed by atoms with Crippen molar-refractivity contribution in [3.05, 3.63) is 11.3 Å². The van der Waals surface area contributed by atoms with Crippen LogP contribution in [0, 0.1) is 0 Å². The molecule has 7 nitrogen and oxygen atoms in total. The Bertz CT molecular complexity index is 510. The first kappa shape index (κ1) is 13.4.